The summed E-state index contributed by atoms with van der Waals surface area (Å²) in [6.07, 6.45) is 0.389. The first-order chi connectivity index (χ1) is 9.35. The van der Waals surface area contributed by atoms with E-state index >= 15 is 0 Å². The molecule has 0 aliphatic carbocycles. The summed E-state index contributed by atoms with van der Waals surface area (Å²) in [6.45, 7) is 6.47. The van der Waals surface area contributed by atoms with Crippen LogP contribution in [0.1, 0.15) is 42.3 Å². The Morgan fingerprint density at radius 2 is 2.15 bits per heavy atom. The maximum atomic E-state index is 11.7. The summed E-state index contributed by atoms with van der Waals surface area (Å²) in [5.41, 5.74) is 2.11. The van der Waals surface area contributed by atoms with Crippen LogP contribution in [0.15, 0.2) is 18.2 Å². The standard InChI is InChI=1S/C15H20N2O3/c1-15(2,3)20-14(19)17-9-10-4-5-11-6-7-16-13(18)12(11)8-10/h4-5,8H,6-7,9H2,1-3H3,(H,16,18)(H,17,19). The Balaban J connectivity index is 1.99. The van der Waals surface area contributed by atoms with Gasteiger partial charge in [0.25, 0.3) is 5.91 Å². The maximum Gasteiger partial charge on any atom is 0.407 e. The van der Waals surface area contributed by atoms with Crippen LogP contribution in [0.25, 0.3) is 0 Å². The average molecular weight is 276 g/mol. The van der Waals surface area contributed by atoms with Crippen molar-refractivity contribution < 1.29 is 14.3 Å². The van der Waals surface area contributed by atoms with E-state index in [0.29, 0.717) is 18.7 Å². The second kappa shape index (κ2) is 5.53. The number of carbonyl (C=O) groups excluding carboxylic acids is 2. The molecular weight excluding hydrogens is 256 g/mol. The number of alkyl carbamates (subject to hydrolysis) is 1. The van der Waals surface area contributed by atoms with Crippen LogP contribution in [0.2, 0.25) is 0 Å². The summed E-state index contributed by atoms with van der Waals surface area (Å²) in [5, 5.41) is 5.49. The molecule has 0 bridgehead atoms. The largest absolute Gasteiger partial charge is 0.444 e. The van der Waals surface area contributed by atoms with Gasteiger partial charge in [-0.15, -0.1) is 0 Å². The molecule has 0 unspecified atom stereocenters. The summed E-state index contributed by atoms with van der Waals surface area (Å²) in [7, 11) is 0. The average Bonchev–Trinajstić information content (AvgIpc) is 2.35. The molecule has 2 rings (SSSR count). The second-order valence-electron chi connectivity index (χ2n) is 5.85. The van der Waals surface area contributed by atoms with Gasteiger partial charge in [0.2, 0.25) is 0 Å². The van der Waals surface area contributed by atoms with Crippen molar-refractivity contribution in [1.82, 2.24) is 10.6 Å². The van der Waals surface area contributed by atoms with Crippen molar-refractivity contribution in [2.24, 2.45) is 0 Å². The smallest absolute Gasteiger partial charge is 0.407 e. The summed E-state index contributed by atoms with van der Waals surface area (Å²) in [5.74, 6) is -0.0506. The van der Waals surface area contributed by atoms with Gasteiger partial charge in [-0.1, -0.05) is 12.1 Å². The second-order valence-corrected chi connectivity index (χ2v) is 5.85. The van der Waals surface area contributed by atoms with Gasteiger partial charge in [0.15, 0.2) is 0 Å². The Labute approximate surface area is 118 Å². The minimum absolute atomic E-state index is 0.0506. The summed E-state index contributed by atoms with van der Waals surface area (Å²) in [6, 6.07) is 5.69. The van der Waals surface area contributed by atoms with Crippen LogP contribution < -0.4 is 10.6 Å². The molecule has 0 spiro atoms. The van der Waals surface area contributed by atoms with Crippen LogP contribution in [0.5, 0.6) is 0 Å². The molecule has 1 heterocycles. The van der Waals surface area contributed by atoms with Gasteiger partial charge in [-0.2, -0.15) is 0 Å². The first kappa shape index (κ1) is 14.4. The van der Waals surface area contributed by atoms with Gasteiger partial charge in [-0.25, -0.2) is 4.79 Å². The van der Waals surface area contributed by atoms with Gasteiger partial charge in [0.05, 0.1) is 0 Å². The molecule has 5 heteroatoms. The highest BCUT2D eigenvalue weighted by Gasteiger charge is 2.18. The minimum Gasteiger partial charge on any atom is -0.444 e. The van der Waals surface area contributed by atoms with Crippen LogP contribution >= 0.6 is 0 Å². The normalized spacial score (nSPS) is 14.2. The molecule has 1 aliphatic heterocycles. The highest BCUT2D eigenvalue weighted by atomic mass is 16.6. The third-order valence-corrected chi connectivity index (χ3v) is 2.93. The number of hydrogen-bond donors (Lipinski definition) is 2. The molecule has 0 saturated carbocycles. The summed E-state index contributed by atoms with van der Waals surface area (Å²) in [4.78, 5) is 23.3. The first-order valence-electron chi connectivity index (χ1n) is 6.72. The molecule has 1 aromatic carbocycles. The van der Waals surface area contributed by atoms with Crippen molar-refractivity contribution in [3.63, 3.8) is 0 Å². The molecule has 0 saturated heterocycles. The fourth-order valence-electron chi connectivity index (χ4n) is 2.06. The van der Waals surface area contributed by atoms with E-state index in [4.69, 9.17) is 4.74 Å². The van der Waals surface area contributed by atoms with Crippen molar-refractivity contribution in [2.75, 3.05) is 6.54 Å². The lowest BCUT2D eigenvalue weighted by Crippen LogP contribution is -2.33. The van der Waals surface area contributed by atoms with Crippen LogP contribution in [-0.2, 0) is 17.7 Å². The van der Waals surface area contributed by atoms with E-state index in [-0.39, 0.29) is 5.91 Å². The van der Waals surface area contributed by atoms with Gasteiger partial charge in [-0.05, 0) is 44.4 Å². The van der Waals surface area contributed by atoms with Crippen LogP contribution in [0, 0.1) is 0 Å². The molecule has 2 amide bonds. The van der Waals surface area contributed by atoms with E-state index in [9.17, 15) is 9.59 Å². The fraction of sp³-hybridized carbons (Fsp3) is 0.467. The molecule has 1 aliphatic rings. The lowest BCUT2D eigenvalue weighted by Gasteiger charge is -2.20. The number of ether oxygens (including phenoxy) is 1. The molecular formula is C15H20N2O3. The van der Waals surface area contributed by atoms with E-state index in [2.05, 4.69) is 10.6 Å². The predicted molar refractivity (Wildman–Crippen MR) is 75.6 cm³/mol. The molecule has 5 nitrogen and oxygen atoms in total. The third kappa shape index (κ3) is 3.73. The van der Waals surface area contributed by atoms with Crippen LogP contribution in [0.3, 0.4) is 0 Å². The Kier molecular flexibility index (Phi) is 3.97. The molecule has 0 atom stereocenters. The number of nitrogens with one attached hydrogen (secondary N) is 2. The van der Waals surface area contributed by atoms with Gasteiger partial charge < -0.3 is 15.4 Å². The topological polar surface area (TPSA) is 67.4 Å². The molecule has 0 fully saturated rings. The van der Waals surface area contributed by atoms with Gasteiger partial charge >= 0.3 is 6.09 Å². The molecule has 1 aromatic rings. The van der Waals surface area contributed by atoms with Crippen molar-refractivity contribution in [2.45, 2.75) is 39.3 Å². The van der Waals surface area contributed by atoms with E-state index in [1.165, 1.54) is 0 Å². The third-order valence-electron chi connectivity index (χ3n) is 2.93. The van der Waals surface area contributed by atoms with E-state index in [1.54, 1.807) is 0 Å². The molecule has 0 aromatic heterocycles. The van der Waals surface area contributed by atoms with Crippen LogP contribution in [0.4, 0.5) is 4.79 Å². The molecule has 108 valence electrons. The lowest BCUT2D eigenvalue weighted by atomic mass is 9.98. The first-order valence-corrected chi connectivity index (χ1v) is 6.72. The zero-order chi connectivity index (χ0) is 14.8. The number of hydrogen-bond acceptors (Lipinski definition) is 3. The maximum absolute atomic E-state index is 11.7. The van der Waals surface area contributed by atoms with Crippen molar-refractivity contribution in [1.29, 1.82) is 0 Å². The number of benzene rings is 1. The number of amides is 2. The monoisotopic (exact) mass is 276 g/mol. The quantitative estimate of drug-likeness (QED) is 0.868. The predicted octanol–water partition coefficient (Wildman–Crippen LogP) is 2.00. The minimum atomic E-state index is -0.514. The van der Waals surface area contributed by atoms with E-state index in [1.807, 2.05) is 39.0 Å². The zero-order valence-electron chi connectivity index (χ0n) is 12.1. The zero-order valence-corrected chi connectivity index (χ0v) is 12.1. The molecule has 2 N–H and O–H groups in total. The Morgan fingerprint density at radius 3 is 2.85 bits per heavy atom. The van der Waals surface area contributed by atoms with Crippen molar-refractivity contribution in [3.05, 3.63) is 34.9 Å². The SMILES string of the molecule is CC(C)(C)OC(=O)NCc1ccc2c(c1)C(=O)NCC2. The van der Waals surface area contributed by atoms with Gasteiger partial charge in [-0.3, -0.25) is 4.79 Å². The summed E-state index contributed by atoms with van der Waals surface area (Å²) >= 11 is 0. The summed E-state index contributed by atoms with van der Waals surface area (Å²) < 4.78 is 5.16. The van der Waals surface area contributed by atoms with Gasteiger partial charge in [0.1, 0.15) is 5.60 Å². The number of carbonyl (C=O) groups is 2. The van der Waals surface area contributed by atoms with Crippen molar-refractivity contribution in [3.8, 4) is 0 Å². The van der Waals surface area contributed by atoms with E-state index < -0.39 is 11.7 Å². The van der Waals surface area contributed by atoms with E-state index in [0.717, 1.165) is 17.5 Å². The fourth-order valence-corrected chi connectivity index (χ4v) is 2.06. The lowest BCUT2D eigenvalue weighted by molar-refractivity contribution is 0.0523. The molecule has 20 heavy (non-hydrogen) atoms. The highest BCUT2D eigenvalue weighted by molar-refractivity contribution is 5.96. The van der Waals surface area contributed by atoms with Crippen molar-refractivity contribution >= 4 is 12.0 Å². The van der Waals surface area contributed by atoms with Crippen LogP contribution in [-0.4, -0.2) is 24.1 Å². The number of fused-ring (bicyclic) bond motifs is 1. The van der Waals surface area contributed by atoms with Gasteiger partial charge in [0, 0.05) is 18.7 Å². The Hall–Kier alpha value is -2.04. The highest BCUT2D eigenvalue weighted by Crippen LogP contribution is 2.16. The Bertz CT molecular complexity index is 532. The number of rotatable bonds is 2. The molecule has 0 radical (unpaired) electrons. The Morgan fingerprint density at radius 1 is 1.40 bits per heavy atom.